The van der Waals surface area contributed by atoms with Gasteiger partial charge >= 0.3 is 5.97 Å². The molecule has 1 N–H and O–H groups in total. The topological polar surface area (TPSA) is 73.9 Å². The van der Waals surface area contributed by atoms with Crippen LogP contribution in [0.4, 0.5) is 0 Å². The van der Waals surface area contributed by atoms with Crippen LogP contribution in [-0.2, 0) is 14.3 Å². The molecule has 0 fully saturated rings. The summed E-state index contributed by atoms with van der Waals surface area (Å²) in [6.07, 6.45) is 0.141. The quantitative estimate of drug-likeness (QED) is 0.736. The molecule has 116 valence electrons. The zero-order valence-corrected chi connectivity index (χ0v) is 12.5. The molecule has 0 aliphatic heterocycles. The van der Waals surface area contributed by atoms with Crippen molar-refractivity contribution in [1.82, 2.24) is 5.32 Å². The highest BCUT2D eigenvalue weighted by Gasteiger charge is 2.16. The van der Waals surface area contributed by atoms with E-state index < -0.39 is 12.0 Å². The lowest BCUT2D eigenvalue weighted by atomic mass is 10.3. The highest BCUT2D eigenvalue weighted by atomic mass is 16.5. The van der Waals surface area contributed by atoms with Crippen LogP contribution in [0.5, 0.6) is 11.5 Å². The monoisotopic (exact) mass is 295 g/mol. The first-order valence-corrected chi connectivity index (χ1v) is 6.80. The number of nitrogens with one attached hydrogen (secondary N) is 1. The Kier molecular flexibility index (Phi) is 7.08. The van der Waals surface area contributed by atoms with Crippen LogP contribution in [0.3, 0.4) is 0 Å². The van der Waals surface area contributed by atoms with Gasteiger partial charge in [0.15, 0.2) is 11.5 Å². The molecule has 0 heterocycles. The van der Waals surface area contributed by atoms with Crippen molar-refractivity contribution in [3.63, 3.8) is 0 Å². The van der Waals surface area contributed by atoms with Crippen molar-refractivity contribution in [2.75, 3.05) is 20.3 Å². The number of benzene rings is 1. The fourth-order valence-electron chi connectivity index (χ4n) is 1.63. The largest absolute Gasteiger partial charge is 0.493 e. The first-order valence-electron chi connectivity index (χ1n) is 6.80. The van der Waals surface area contributed by atoms with E-state index in [1.54, 1.807) is 33.1 Å². The maximum absolute atomic E-state index is 11.7. The van der Waals surface area contributed by atoms with Crippen LogP contribution in [0.15, 0.2) is 24.3 Å². The van der Waals surface area contributed by atoms with Crippen LogP contribution in [0.2, 0.25) is 0 Å². The Bertz CT molecular complexity index is 475. The molecule has 1 aromatic rings. The molecule has 6 heteroatoms. The number of amides is 1. The van der Waals surface area contributed by atoms with Gasteiger partial charge in [-0.2, -0.15) is 0 Å². The van der Waals surface area contributed by atoms with E-state index in [2.05, 4.69) is 5.32 Å². The number of carbonyl (C=O) groups is 2. The van der Waals surface area contributed by atoms with Crippen LogP contribution in [0, 0.1) is 0 Å². The third kappa shape index (κ3) is 5.72. The normalized spacial score (nSPS) is 11.4. The Balaban J connectivity index is 2.35. The van der Waals surface area contributed by atoms with E-state index in [0.717, 1.165) is 0 Å². The Morgan fingerprint density at radius 1 is 1.24 bits per heavy atom. The summed E-state index contributed by atoms with van der Waals surface area (Å²) in [7, 11) is 1.55. The fourth-order valence-corrected chi connectivity index (χ4v) is 1.63. The van der Waals surface area contributed by atoms with Crippen molar-refractivity contribution in [2.45, 2.75) is 26.3 Å². The average molecular weight is 295 g/mol. The second kappa shape index (κ2) is 8.84. The molecule has 1 aromatic carbocycles. The van der Waals surface area contributed by atoms with Crippen molar-refractivity contribution >= 4 is 11.9 Å². The summed E-state index contributed by atoms with van der Waals surface area (Å²) in [5, 5.41) is 2.55. The van der Waals surface area contributed by atoms with Gasteiger partial charge in [0.1, 0.15) is 6.04 Å². The number of ether oxygens (including phenoxy) is 3. The molecule has 0 radical (unpaired) electrons. The van der Waals surface area contributed by atoms with Gasteiger partial charge in [-0.25, -0.2) is 4.79 Å². The Morgan fingerprint density at radius 2 is 1.90 bits per heavy atom. The summed E-state index contributed by atoms with van der Waals surface area (Å²) in [5.41, 5.74) is 0. The minimum atomic E-state index is -0.663. The van der Waals surface area contributed by atoms with Gasteiger partial charge in [-0.1, -0.05) is 12.1 Å². The summed E-state index contributed by atoms with van der Waals surface area (Å²) >= 11 is 0. The molecular formula is C15H21NO5. The minimum absolute atomic E-state index is 0.141. The number of carbonyl (C=O) groups excluding carboxylic acids is 2. The summed E-state index contributed by atoms with van der Waals surface area (Å²) in [5.74, 6) is 0.464. The SMILES string of the molecule is CCOC(=O)C(C)NC(=O)CCOc1ccccc1OC. The predicted octanol–water partition coefficient (Wildman–Crippen LogP) is 1.53. The second-order valence-corrected chi connectivity index (χ2v) is 4.29. The highest BCUT2D eigenvalue weighted by Crippen LogP contribution is 2.25. The highest BCUT2D eigenvalue weighted by molar-refractivity contribution is 5.84. The standard InChI is InChI=1S/C15H21NO5/c1-4-20-15(18)11(2)16-14(17)9-10-21-13-8-6-5-7-12(13)19-3/h5-8,11H,4,9-10H2,1-3H3,(H,16,17). The van der Waals surface area contributed by atoms with Gasteiger partial charge in [0.05, 0.1) is 26.7 Å². The van der Waals surface area contributed by atoms with Crippen molar-refractivity contribution < 1.29 is 23.8 Å². The lowest BCUT2D eigenvalue weighted by Gasteiger charge is -2.13. The van der Waals surface area contributed by atoms with Gasteiger partial charge < -0.3 is 19.5 Å². The van der Waals surface area contributed by atoms with Crippen LogP contribution >= 0.6 is 0 Å². The molecule has 21 heavy (non-hydrogen) atoms. The van der Waals surface area contributed by atoms with Gasteiger partial charge in [0.2, 0.25) is 5.91 Å². The van der Waals surface area contributed by atoms with E-state index in [1.165, 1.54) is 0 Å². The summed E-state index contributed by atoms with van der Waals surface area (Å²) < 4.78 is 15.4. The summed E-state index contributed by atoms with van der Waals surface area (Å²) in [6.45, 7) is 3.78. The first-order chi connectivity index (χ1) is 10.1. The Morgan fingerprint density at radius 3 is 2.52 bits per heavy atom. The molecule has 6 nitrogen and oxygen atoms in total. The molecule has 1 rings (SSSR count). The fraction of sp³-hybridized carbons (Fsp3) is 0.467. The molecule has 1 unspecified atom stereocenters. The molecule has 1 amide bonds. The van der Waals surface area contributed by atoms with Gasteiger partial charge in [-0.3, -0.25) is 4.79 Å². The maximum Gasteiger partial charge on any atom is 0.328 e. The van der Waals surface area contributed by atoms with E-state index in [9.17, 15) is 9.59 Å². The zero-order valence-electron chi connectivity index (χ0n) is 12.5. The van der Waals surface area contributed by atoms with E-state index >= 15 is 0 Å². The Hall–Kier alpha value is -2.24. The van der Waals surface area contributed by atoms with Crippen LogP contribution in [0.1, 0.15) is 20.3 Å². The summed E-state index contributed by atoms with van der Waals surface area (Å²) in [6, 6.07) is 6.53. The lowest BCUT2D eigenvalue weighted by molar-refractivity contribution is -0.146. The summed E-state index contributed by atoms with van der Waals surface area (Å²) in [4.78, 5) is 23.0. The molecular weight excluding hydrogens is 274 g/mol. The first kappa shape index (κ1) is 16.8. The third-order valence-corrected chi connectivity index (χ3v) is 2.67. The van der Waals surface area contributed by atoms with Crippen LogP contribution < -0.4 is 14.8 Å². The van der Waals surface area contributed by atoms with Gasteiger partial charge in [-0.15, -0.1) is 0 Å². The number of rotatable bonds is 8. The third-order valence-electron chi connectivity index (χ3n) is 2.67. The van der Waals surface area contributed by atoms with Gasteiger partial charge in [-0.05, 0) is 26.0 Å². The maximum atomic E-state index is 11.7. The molecule has 1 atom stereocenters. The van der Waals surface area contributed by atoms with E-state index in [4.69, 9.17) is 14.2 Å². The van der Waals surface area contributed by atoms with E-state index in [0.29, 0.717) is 11.5 Å². The van der Waals surface area contributed by atoms with Gasteiger partial charge in [0.25, 0.3) is 0 Å². The van der Waals surface area contributed by atoms with E-state index in [1.807, 2.05) is 12.1 Å². The van der Waals surface area contributed by atoms with Gasteiger partial charge in [0, 0.05) is 0 Å². The van der Waals surface area contributed by atoms with E-state index in [-0.39, 0.29) is 25.5 Å². The smallest absolute Gasteiger partial charge is 0.328 e. The van der Waals surface area contributed by atoms with Crippen molar-refractivity contribution in [3.05, 3.63) is 24.3 Å². The molecule has 0 aliphatic rings. The number of hydrogen-bond donors (Lipinski definition) is 1. The van der Waals surface area contributed by atoms with Crippen LogP contribution in [-0.4, -0.2) is 38.2 Å². The predicted molar refractivity (Wildman–Crippen MR) is 77.3 cm³/mol. The number of methoxy groups -OCH3 is 1. The minimum Gasteiger partial charge on any atom is -0.493 e. The number of hydrogen-bond acceptors (Lipinski definition) is 5. The average Bonchev–Trinajstić information content (AvgIpc) is 2.47. The molecule has 0 saturated heterocycles. The molecule has 0 spiro atoms. The Labute approximate surface area is 124 Å². The van der Waals surface area contributed by atoms with Crippen molar-refractivity contribution in [3.8, 4) is 11.5 Å². The zero-order chi connectivity index (χ0) is 15.7. The lowest BCUT2D eigenvalue weighted by Crippen LogP contribution is -2.40. The number of para-hydroxylation sites is 2. The second-order valence-electron chi connectivity index (χ2n) is 4.29. The number of esters is 1. The molecule has 0 aromatic heterocycles. The van der Waals surface area contributed by atoms with Crippen molar-refractivity contribution in [2.24, 2.45) is 0 Å². The van der Waals surface area contributed by atoms with Crippen molar-refractivity contribution in [1.29, 1.82) is 0 Å². The molecule has 0 bridgehead atoms. The molecule has 0 aliphatic carbocycles. The van der Waals surface area contributed by atoms with Crippen LogP contribution in [0.25, 0.3) is 0 Å². The molecule has 0 saturated carbocycles.